The van der Waals surface area contributed by atoms with Crippen LogP contribution in [-0.2, 0) is 4.74 Å². The van der Waals surface area contributed by atoms with Gasteiger partial charge in [0.2, 0.25) is 0 Å². The number of nitrogens with zero attached hydrogens (tertiary/aromatic N) is 3. The molecule has 130 valence electrons. The Morgan fingerprint density at radius 3 is 2.68 bits per heavy atom. The molecule has 0 aromatic rings. The number of hydrogen-bond acceptors (Lipinski definition) is 3. The Hall–Kier alpha value is -0.810. The first kappa shape index (κ1) is 19.2. The average molecular weight is 313 g/mol. The van der Waals surface area contributed by atoms with Crippen LogP contribution >= 0.6 is 0 Å². The first-order valence-electron chi connectivity index (χ1n) is 8.99. The van der Waals surface area contributed by atoms with Crippen LogP contribution in [0.3, 0.4) is 0 Å². The maximum Gasteiger partial charge on any atom is 0.193 e. The van der Waals surface area contributed by atoms with Crippen LogP contribution in [0.2, 0.25) is 0 Å². The van der Waals surface area contributed by atoms with Gasteiger partial charge < -0.3 is 19.9 Å². The monoisotopic (exact) mass is 312 g/mol. The summed E-state index contributed by atoms with van der Waals surface area (Å²) in [5.41, 5.74) is 0. The van der Waals surface area contributed by atoms with E-state index in [0.29, 0.717) is 5.92 Å². The van der Waals surface area contributed by atoms with Crippen LogP contribution < -0.4 is 5.32 Å². The van der Waals surface area contributed by atoms with Crippen molar-refractivity contribution in [3.8, 4) is 0 Å². The van der Waals surface area contributed by atoms with E-state index >= 15 is 0 Å². The summed E-state index contributed by atoms with van der Waals surface area (Å²) in [5.74, 6) is 1.74. The van der Waals surface area contributed by atoms with Crippen LogP contribution in [-0.4, -0.2) is 75.3 Å². The van der Waals surface area contributed by atoms with Gasteiger partial charge in [-0.1, -0.05) is 13.8 Å². The lowest BCUT2D eigenvalue weighted by Gasteiger charge is -2.22. The third-order valence-electron chi connectivity index (χ3n) is 4.36. The Kier molecular flexibility index (Phi) is 10.2. The van der Waals surface area contributed by atoms with E-state index < -0.39 is 0 Å². The largest absolute Gasteiger partial charge is 0.384 e. The summed E-state index contributed by atoms with van der Waals surface area (Å²) in [6.07, 6.45) is 3.61. The average Bonchev–Trinajstić information content (AvgIpc) is 2.99. The van der Waals surface area contributed by atoms with Crippen molar-refractivity contribution in [2.24, 2.45) is 10.9 Å². The summed E-state index contributed by atoms with van der Waals surface area (Å²) >= 11 is 0. The van der Waals surface area contributed by atoms with E-state index in [1.165, 1.54) is 25.8 Å². The molecule has 1 N–H and O–H groups in total. The van der Waals surface area contributed by atoms with Gasteiger partial charge >= 0.3 is 0 Å². The molecule has 1 aliphatic heterocycles. The molecule has 1 saturated heterocycles. The first-order chi connectivity index (χ1) is 10.7. The molecule has 0 amide bonds. The topological polar surface area (TPSA) is 40.1 Å². The maximum absolute atomic E-state index is 5.28. The van der Waals surface area contributed by atoms with Gasteiger partial charge in [0, 0.05) is 39.2 Å². The fourth-order valence-corrected chi connectivity index (χ4v) is 2.99. The number of rotatable bonds is 10. The molecule has 1 atom stereocenters. The Bertz CT molecular complexity index is 305. The zero-order valence-electron chi connectivity index (χ0n) is 15.1. The van der Waals surface area contributed by atoms with Gasteiger partial charge in [0.15, 0.2) is 5.96 Å². The summed E-state index contributed by atoms with van der Waals surface area (Å²) in [7, 11) is 1.79. The van der Waals surface area contributed by atoms with Gasteiger partial charge in [-0.3, -0.25) is 4.99 Å². The number of aliphatic imine (C=N–C) groups is 1. The summed E-state index contributed by atoms with van der Waals surface area (Å²) in [4.78, 5) is 9.67. The van der Waals surface area contributed by atoms with Gasteiger partial charge in [-0.25, -0.2) is 0 Å². The van der Waals surface area contributed by atoms with Crippen LogP contribution in [0, 0.1) is 5.92 Å². The highest BCUT2D eigenvalue weighted by Gasteiger charge is 2.24. The van der Waals surface area contributed by atoms with Crippen molar-refractivity contribution in [3.63, 3.8) is 0 Å². The fourth-order valence-electron chi connectivity index (χ4n) is 2.99. The zero-order valence-corrected chi connectivity index (χ0v) is 15.1. The molecule has 22 heavy (non-hydrogen) atoms. The summed E-state index contributed by atoms with van der Waals surface area (Å²) in [5, 5.41) is 3.43. The van der Waals surface area contributed by atoms with Crippen LogP contribution in [0.5, 0.6) is 0 Å². The van der Waals surface area contributed by atoms with Crippen LogP contribution in [0.4, 0.5) is 0 Å². The van der Waals surface area contributed by atoms with Gasteiger partial charge in [-0.2, -0.15) is 0 Å². The first-order valence-corrected chi connectivity index (χ1v) is 8.99. The summed E-state index contributed by atoms with van der Waals surface area (Å²) in [6, 6.07) is 0. The third-order valence-corrected chi connectivity index (χ3v) is 4.36. The van der Waals surface area contributed by atoms with E-state index in [1.54, 1.807) is 7.11 Å². The van der Waals surface area contributed by atoms with Crippen molar-refractivity contribution in [1.29, 1.82) is 0 Å². The molecular formula is C17H36N4O. The van der Waals surface area contributed by atoms with Crippen LogP contribution in [0.25, 0.3) is 0 Å². The minimum absolute atomic E-state index is 0.650. The highest BCUT2D eigenvalue weighted by Crippen LogP contribution is 2.16. The number of methoxy groups -OCH3 is 1. The quantitative estimate of drug-likeness (QED) is 0.381. The molecule has 1 heterocycles. The SMILES string of the molecule is CCNC(=NCCCCN(CC)CC)N1CCC(COC)C1. The molecule has 0 bridgehead atoms. The summed E-state index contributed by atoms with van der Waals surface area (Å²) in [6.45, 7) is 15.0. The second kappa shape index (κ2) is 11.7. The lowest BCUT2D eigenvalue weighted by atomic mass is 10.1. The van der Waals surface area contributed by atoms with E-state index in [-0.39, 0.29) is 0 Å². The van der Waals surface area contributed by atoms with E-state index in [4.69, 9.17) is 9.73 Å². The second-order valence-corrected chi connectivity index (χ2v) is 6.03. The minimum atomic E-state index is 0.650. The van der Waals surface area contributed by atoms with Crippen molar-refractivity contribution >= 4 is 5.96 Å². The molecule has 1 aliphatic rings. The van der Waals surface area contributed by atoms with Crippen LogP contribution in [0.1, 0.15) is 40.0 Å². The van der Waals surface area contributed by atoms with E-state index in [0.717, 1.165) is 51.8 Å². The zero-order chi connectivity index (χ0) is 16.2. The molecule has 5 heteroatoms. The van der Waals surface area contributed by atoms with Crippen LogP contribution in [0.15, 0.2) is 4.99 Å². The number of likely N-dealkylation sites (tertiary alicyclic amines) is 1. The number of unbranched alkanes of at least 4 members (excludes halogenated alkanes) is 1. The predicted octanol–water partition coefficient (Wildman–Crippen LogP) is 2.04. The normalized spacial score (nSPS) is 19.2. The lowest BCUT2D eigenvalue weighted by molar-refractivity contribution is 0.157. The molecule has 0 saturated carbocycles. The standard InChI is InChI=1S/C17H36N4O/c1-5-18-17(21-13-10-16(14-21)15-22-4)19-11-8-9-12-20(6-2)7-3/h16H,5-15H2,1-4H3,(H,18,19). The maximum atomic E-state index is 5.28. The van der Waals surface area contributed by atoms with Crippen molar-refractivity contribution < 1.29 is 4.74 Å². The molecule has 0 aromatic carbocycles. The van der Waals surface area contributed by atoms with Crippen molar-refractivity contribution in [2.75, 3.05) is 59.5 Å². The van der Waals surface area contributed by atoms with E-state index in [2.05, 4.69) is 35.9 Å². The molecule has 0 radical (unpaired) electrons. The highest BCUT2D eigenvalue weighted by atomic mass is 16.5. The van der Waals surface area contributed by atoms with Crippen molar-refractivity contribution in [2.45, 2.75) is 40.0 Å². The Labute approximate surface area is 137 Å². The molecule has 1 fully saturated rings. The smallest absolute Gasteiger partial charge is 0.193 e. The minimum Gasteiger partial charge on any atom is -0.384 e. The van der Waals surface area contributed by atoms with Crippen molar-refractivity contribution in [1.82, 2.24) is 15.1 Å². The van der Waals surface area contributed by atoms with Gasteiger partial charge in [-0.15, -0.1) is 0 Å². The molecule has 0 spiro atoms. The number of nitrogens with one attached hydrogen (secondary N) is 1. The van der Waals surface area contributed by atoms with Gasteiger partial charge in [0.25, 0.3) is 0 Å². The molecule has 5 nitrogen and oxygen atoms in total. The predicted molar refractivity (Wildman–Crippen MR) is 94.6 cm³/mol. The molecule has 1 unspecified atom stereocenters. The van der Waals surface area contributed by atoms with Gasteiger partial charge in [0.1, 0.15) is 0 Å². The number of guanidine groups is 1. The van der Waals surface area contributed by atoms with E-state index in [1.807, 2.05) is 0 Å². The number of hydrogen-bond donors (Lipinski definition) is 1. The summed E-state index contributed by atoms with van der Waals surface area (Å²) < 4.78 is 5.28. The second-order valence-electron chi connectivity index (χ2n) is 6.03. The highest BCUT2D eigenvalue weighted by molar-refractivity contribution is 5.80. The molecule has 0 aromatic heterocycles. The van der Waals surface area contributed by atoms with Crippen molar-refractivity contribution in [3.05, 3.63) is 0 Å². The molecular weight excluding hydrogens is 276 g/mol. The lowest BCUT2D eigenvalue weighted by Crippen LogP contribution is -2.40. The van der Waals surface area contributed by atoms with E-state index in [9.17, 15) is 0 Å². The Morgan fingerprint density at radius 1 is 1.27 bits per heavy atom. The van der Waals surface area contributed by atoms with Gasteiger partial charge in [-0.05, 0) is 45.8 Å². The fraction of sp³-hybridized carbons (Fsp3) is 0.941. The molecule has 1 rings (SSSR count). The van der Waals surface area contributed by atoms with Gasteiger partial charge in [0.05, 0.1) is 6.61 Å². The Balaban J connectivity index is 2.33. The molecule has 0 aliphatic carbocycles. The number of ether oxygens (including phenoxy) is 1. The third kappa shape index (κ3) is 6.97. The Morgan fingerprint density at radius 2 is 2.05 bits per heavy atom.